The molecule has 7 heteroatoms. The molecule has 17 heavy (non-hydrogen) atoms. The third kappa shape index (κ3) is 4.02. The second-order valence-electron chi connectivity index (χ2n) is 3.19. The van der Waals surface area contributed by atoms with E-state index in [1.807, 2.05) is 0 Å². The molecule has 0 aliphatic carbocycles. The molecule has 0 spiro atoms. The Morgan fingerprint density at radius 2 is 2.12 bits per heavy atom. The van der Waals surface area contributed by atoms with Gasteiger partial charge in [-0.25, -0.2) is 0 Å². The van der Waals surface area contributed by atoms with Gasteiger partial charge in [-0.1, -0.05) is 17.7 Å². The van der Waals surface area contributed by atoms with Gasteiger partial charge in [0.25, 0.3) is 0 Å². The minimum atomic E-state index is -4.66. The molecule has 2 atom stereocenters. The number of hydrogen-bond acceptors (Lipinski definition) is 2. The van der Waals surface area contributed by atoms with Crippen LogP contribution < -0.4 is 0 Å². The highest BCUT2D eigenvalue weighted by Crippen LogP contribution is 2.27. The number of hydrogen-bond donors (Lipinski definition) is 0. The van der Waals surface area contributed by atoms with Gasteiger partial charge in [-0.15, -0.1) is 0 Å². The van der Waals surface area contributed by atoms with Gasteiger partial charge in [-0.3, -0.25) is 4.21 Å². The number of nitrogens with zero attached hydrogens (tertiary/aromatic N) is 1. The molecule has 2 unspecified atom stereocenters. The van der Waals surface area contributed by atoms with Gasteiger partial charge in [0.2, 0.25) is 0 Å². The molecule has 0 fully saturated rings. The number of rotatable bonds is 3. The molecular formula is C10H7ClF3NOS. The Hall–Kier alpha value is -1.06. The van der Waals surface area contributed by atoms with Crippen molar-refractivity contribution in [3.8, 4) is 6.07 Å². The summed E-state index contributed by atoms with van der Waals surface area (Å²) in [5.74, 6) is -3.01. The first-order valence-corrected chi connectivity index (χ1v) is 6.14. The van der Waals surface area contributed by atoms with Crippen molar-refractivity contribution < 1.29 is 17.4 Å². The third-order valence-electron chi connectivity index (χ3n) is 1.93. The summed E-state index contributed by atoms with van der Waals surface area (Å²) in [4.78, 5) is 0.182. The van der Waals surface area contributed by atoms with Gasteiger partial charge >= 0.3 is 6.18 Å². The van der Waals surface area contributed by atoms with Gasteiger partial charge in [0.1, 0.15) is 0 Å². The van der Waals surface area contributed by atoms with Gasteiger partial charge in [-0.2, -0.15) is 18.4 Å². The third-order valence-corrected chi connectivity index (χ3v) is 3.58. The Morgan fingerprint density at radius 3 is 2.59 bits per heavy atom. The summed E-state index contributed by atoms with van der Waals surface area (Å²) < 4.78 is 48.5. The highest BCUT2D eigenvalue weighted by Gasteiger charge is 2.41. The first-order chi connectivity index (χ1) is 7.84. The van der Waals surface area contributed by atoms with Crippen molar-refractivity contribution in [1.82, 2.24) is 0 Å². The molecular weight excluding hydrogens is 275 g/mol. The number of halogens is 4. The lowest BCUT2D eigenvalue weighted by Gasteiger charge is -2.12. The van der Waals surface area contributed by atoms with E-state index < -0.39 is 28.6 Å². The van der Waals surface area contributed by atoms with Gasteiger partial charge < -0.3 is 0 Å². The second-order valence-corrected chi connectivity index (χ2v) is 5.13. The normalized spacial score (nSPS) is 15.0. The van der Waals surface area contributed by atoms with E-state index in [0.717, 1.165) is 6.07 Å². The predicted molar refractivity (Wildman–Crippen MR) is 57.9 cm³/mol. The summed E-state index contributed by atoms with van der Waals surface area (Å²) in [7, 11) is -1.90. The van der Waals surface area contributed by atoms with Crippen LogP contribution in [0.3, 0.4) is 0 Å². The Balaban J connectivity index is 2.83. The van der Waals surface area contributed by atoms with Crippen LogP contribution in [-0.4, -0.2) is 16.1 Å². The van der Waals surface area contributed by atoms with Crippen molar-refractivity contribution in [3.63, 3.8) is 0 Å². The van der Waals surface area contributed by atoms with Crippen molar-refractivity contribution in [1.29, 1.82) is 5.26 Å². The monoisotopic (exact) mass is 281 g/mol. The Bertz CT molecular complexity index is 469. The van der Waals surface area contributed by atoms with E-state index in [1.165, 1.54) is 24.3 Å². The minimum absolute atomic E-state index is 0.182. The molecule has 0 radical (unpaired) electrons. The predicted octanol–water partition coefficient (Wildman–Crippen LogP) is 3.15. The van der Waals surface area contributed by atoms with Crippen molar-refractivity contribution in [2.24, 2.45) is 5.92 Å². The summed E-state index contributed by atoms with van der Waals surface area (Å²) >= 11 is 5.63. The van der Waals surface area contributed by atoms with Crippen LogP contribution in [0.25, 0.3) is 0 Å². The molecule has 2 nitrogen and oxygen atoms in total. The van der Waals surface area contributed by atoms with E-state index >= 15 is 0 Å². The van der Waals surface area contributed by atoms with Gasteiger partial charge in [0, 0.05) is 9.92 Å². The highest BCUT2D eigenvalue weighted by atomic mass is 35.5. The second kappa shape index (κ2) is 5.52. The fraction of sp³-hybridized carbons (Fsp3) is 0.300. The molecule has 0 heterocycles. The van der Waals surface area contributed by atoms with Crippen LogP contribution in [0.4, 0.5) is 13.2 Å². The van der Waals surface area contributed by atoms with Crippen molar-refractivity contribution in [2.75, 3.05) is 5.75 Å². The Morgan fingerprint density at radius 1 is 1.47 bits per heavy atom. The number of alkyl halides is 3. The molecule has 0 N–H and O–H groups in total. The summed E-state index contributed by atoms with van der Waals surface area (Å²) in [5, 5.41) is 8.67. The Labute approximate surface area is 103 Å². The lowest BCUT2D eigenvalue weighted by Crippen LogP contribution is -2.26. The molecule has 92 valence electrons. The molecule has 0 saturated heterocycles. The van der Waals surface area contributed by atoms with Crippen molar-refractivity contribution in [3.05, 3.63) is 29.3 Å². The zero-order valence-electron chi connectivity index (χ0n) is 8.37. The van der Waals surface area contributed by atoms with Gasteiger partial charge in [-0.05, 0) is 18.2 Å². The first-order valence-electron chi connectivity index (χ1n) is 4.45. The van der Waals surface area contributed by atoms with E-state index in [0.29, 0.717) is 0 Å². The van der Waals surface area contributed by atoms with Gasteiger partial charge in [0.05, 0.1) is 22.6 Å². The van der Waals surface area contributed by atoms with Crippen LogP contribution in [0.1, 0.15) is 0 Å². The molecule has 0 saturated carbocycles. The molecule has 0 bridgehead atoms. The maximum Gasteiger partial charge on any atom is 0.405 e. The molecule has 0 aliphatic heterocycles. The fourth-order valence-electron chi connectivity index (χ4n) is 1.06. The maximum absolute atomic E-state index is 12.3. The van der Waals surface area contributed by atoms with Crippen LogP contribution in [0.5, 0.6) is 0 Å². The topological polar surface area (TPSA) is 40.9 Å². The summed E-state index contributed by atoms with van der Waals surface area (Å²) in [6, 6.07) is 6.85. The Kier molecular flexibility index (Phi) is 4.54. The van der Waals surface area contributed by atoms with Crippen LogP contribution in [-0.2, 0) is 10.8 Å². The summed E-state index contributed by atoms with van der Waals surface area (Å²) in [6.07, 6.45) is -4.66. The molecule has 0 aromatic heterocycles. The standard InChI is InChI=1S/C10H7ClF3NOS/c11-8-2-1-3-9(4-8)17(16)6-7(5-15)10(12,13)14/h1-4,7H,6H2. The van der Waals surface area contributed by atoms with E-state index in [-0.39, 0.29) is 9.92 Å². The highest BCUT2D eigenvalue weighted by molar-refractivity contribution is 7.85. The molecule has 0 amide bonds. The maximum atomic E-state index is 12.3. The van der Waals surface area contributed by atoms with Crippen LogP contribution in [0.2, 0.25) is 5.02 Å². The van der Waals surface area contributed by atoms with E-state index in [2.05, 4.69) is 0 Å². The largest absolute Gasteiger partial charge is 0.405 e. The minimum Gasteiger partial charge on any atom is -0.254 e. The van der Waals surface area contributed by atoms with Crippen molar-refractivity contribution >= 4 is 22.4 Å². The average molecular weight is 282 g/mol. The zero-order chi connectivity index (χ0) is 13.1. The van der Waals surface area contributed by atoms with Crippen molar-refractivity contribution in [2.45, 2.75) is 11.1 Å². The lowest BCUT2D eigenvalue weighted by atomic mass is 10.2. The quantitative estimate of drug-likeness (QED) is 0.854. The first kappa shape index (κ1) is 14.0. The van der Waals surface area contributed by atoms with E-state index in [9.17, 15) is 17.4 Å². The van der Waals surface area contributed by atoms with E-state index in [1.54, 1.807) is 0 Å². The SMILES string of the molecule is N#CC(CS(=O)c1cccc(Cl)c1)C(F)(F)F. The molecule has 1 rings (SSSR count). The zero-order valence-corrected chi connectivity index (χ0v) is 9.94. The molecule has 1 aromatic carbocycles. The lowest BCUT2D eigenvalue weighted by molar-refractivity contribution is -0.153. The molecule has 1 aromatic rings. The van der Waals surface area contributed by atoms with Gasteiger partial charge in [0.15, 0.2) is 5.92 Å². The number of benzene rings is 1. The summed E-state index contributed by atoms with van der Waals surface area (Å²) in [6.45, 7) is 0. The average Bonchev–Trinajstić information content (AvgIpc) is 2.23. The van der Waals surface area contributed by atoms with Crippen LogP contribution >= 0.6 is 11.6 Å². The van der Waals surface area contributed by atoms with Crippen LogP contribution in [0.15, 0.2) is 29.2 Å². The summed E-state index contributed by atoms with van der Waals surface area (Å²) in [5.41, 5.74) is 0. The fourth-order valence-corrected chi connectivity index (χ4v) is 2.56. The molecule has 0 aliphatic rings. The smallest absolute Gasteiger partial charge is 0.254 e. The van der Waals surface area contributed by atoms with Crippen LogP contribution in [0, 0.1) is 17.2 Å². The van der Waals surface area contributed by atoms with E-state index in [4.69, 9.17) is 16.9 Å². The number of nitriles is 1.